The Hall–Kier alpha value is -8.62. The Morgan fingerprint density at radius 1 is 0.725 bits per heavy atom. The molecule has 0 spiro atoms. The number of aliphatic carboxylic acids is 2. The van der Waals surface area contributed by atoms with Gasteiger partial charge in [0.1, 0.15) is 64.7 Å². The Labute approximate surface area is 533 Å². The molecule has 1 aromatic heterocycles. The third kappa shape index (κ3) is 23.6. The third-order valence-electron chi connectivity index (χ3n) is 14.9. The fraction of sp³-hybridized carbons (Fsp3) is 0.525. The summed E-state index contributed by atoms with van der Waals surface area (Å²) in [7, 11) is 0. The zero-order valence-corrected chi connectivity index (χ0v) is 53.2. The highest BCUT2D eigenvalue weighted by Crippen LogP contribution is 2.42. The molecule has 3 aromatic rings. The number of likely N-dealkylation sites (tertiary alicyclic amines) is 1. The predicted molar refractivity (Wildman–Crippen MR) is 324 cm³/mol. The monoisotopic (exact) mass is 1290 g/mol. The molecule has 1 fully saturated rings. The van der Waals surface area contributed by atoms with E-state index in [4.69, 9.17) is 10.8 Å². The number of carboxylic acids is 2. The summed E-state index contributed by atoms with van der Waals surface area (Å²) in [6, 6.07) is 4.46. The van der Waals surface area contributed by atoms with Gasteiger partial charge in [-0.2, -0.15) is 0 Å². The Morgan fingerprint density at radius 2 is 1.37 bits per heavy atom. The molecule has 91 heavy (non-hydrogen) atoms. The second-order valence-electron chi connectivity index (χ2n) is 24.0. The third-order valence-corrected chi connectivity index (χ3v) is 15.3. The van der Waals surface area contributed by atoms with Crippen molar-refractivity contribution in [3.8, 4) is 11.1 Å². The molecule has 2 aromatic carbocycles. The van der Waals surface area contributed by atoms with Crippen LogP contribution in [-0.2, 0) is 68.9 Å². The summed E-state index contributed by atoms with van der Waals surface area (Å²) in [4.78, 5) is 171. The molecule has 2 heterocycles. The molecular weight excluding hydrogens is 1210 g/mol. The van der Waals surface area contributed by atoms with Gasteiger partial charge >= 0.3 is 11.9 Å². The molecule has 0 bridgehead atoms. The first-order valence-corrected chi connectivity index (χ1v) is 30.2. The molecular formula is C61H82AlF2N11O16. The number of aliphatic hydroxyl groups is 1. The van der Waals surface area contributed by atoms with Gasteiger partial charge in [0.15, 0.2) is 0 Å². The van der Waals surface area contributed by atoms with Crippen molar-refractivity contribution in [2.45, 2.75) is 160 Å². The number of hydrogen-bond acceptors (Lipinski definition) is 14. The number of benzene rings is 2. The van der Waals surface area contributed by atoms with Crippen molar-refractivity contribution < 1.29 is 86.4 Å². The van der Waals surface area contributed by atoms with E-state index >= 15 is 4.39 Å². The van der Waals surface area contributed by atoms with Crippen molar-refractivity contribution in [1.82, 2.24) is 51.6 Å². The van der Waals surface area contributed by atoms with Crippen LogP contribution in [0.1, 0.15) is 130 Å². The van der Waals surface area contributed by atoms with Gasteiger partial charge in [0.2, 0.25) is 65.0 Å². The van der Waals surface area contributed by atoms with Crippen LogP contribution in [0.3, 0.4) is 0 Å². The molecule has 1 saturated heterocycles. The minimum atomic E-state index is -1.86. The van der Waals surface area contributed by atoms with Crippen LogP contribution in [0.4, 0.5) is 8.78 Å². The van der Waals surface area contributed by atoms with E-state index in [1.54, 1.807) is 55.8 Å². The second kappa shape index (κ2) is 34.5. The smallest absolute Gasteiger partial charge is 0.326 e. The molecule has 4 rings (SSSR count). The Bertz CT molecular complexity index is 3150. The fourth-order valence-corrected chi connectivity index (χ4v) is 10.4. The molecule has 1 unspecified atom stereocenters. The highest BCUT2D eigenvalue weighted by molar-refractivity contribution is 6.19. The van der Waals surface area contributed by atoms with E-state index in [0.717, 1.165) is 23.8 Å². The van der Waals surface area contributed by atoms with Crippen LogP contribution in [0.2, 0.25) is 4.28 Å². The van der Waals surface area contributed by atoms with Gasteiger partial charge in [-0.05, 0) is 74.8 Å². The summed E-state index contributed by atoms with van der Waals surface area (Å²) in [5.74, 6) is -13.6. The van der Waals surface area contributed by atoms with Gasteiger partial charge in [-0.15, -0.1) is 0 Å². The summed E-state index contributed by atoms with van der Waals surface area (Å²) in [6.45, 7) is 9.26. The first-order chi connectivity index (χ1) is 42.6. The number of nitrogens with two attached hydrogens (primary N) is 1. The summed E-state index contributed by atoms with van der Waals surface area (Å²) in [5, 5.41) is 45.7. The van der Waals surface area contributed by atoms with Crippen LogP contribution in [0.25, 0.3) is 11.1 Å². The van der Waals surface area contributed by atoms with E-state index in [1.807, 2.05) is 26.0 Å². The van der Waals surface area contributed by atoms with Crippen LogP contribution in [-0.4, -0.2) is 186 Å². The summed E-state index contributed by atoms with van der Waals surface area (Å²) in [5.41, 5.74) is 5.80. The number of unbranched alkanes of at least 4 members (excludes halogenated alkanes) is 2. The van der Waals surface area contributed by atoms with E-state index in [-0.39, 0.29) is 48.9 Å². The van der Waals surface area contributed by atoms with Crippen molar-refractivity contribution >= 4 is 93.2 Å². The molecule has 494 valence electrons. The minimum absolute atomic E-state index is 0.0280. The van der Waals surface area contributed by atoms with E-state index < -0.39 is 187 Å². The van der Waals surface area contributed by atoms with Gasteiger partial charge in [0.05, 0.1) is 19.0 Å². The van der Waals surface area contributed by atoms with Crippen molar-refractivity contribution in [2.75, 3.05) is 32.8 Å². The lowest BCUT2D eigenvalue weighted by Crippen LogP contribution is -2.58. The number of imide groups is 1. The number of hydrogen-bond donors (Lipinski definition) is 11. The number of nitrogens with one attached hydrogen (secondary N) is 7. The highest BCUT2D eigenvalue weighted by atomic mass is 27.0. The molecule has 30 heteroatoms. The second-order valence-corrected chi connectivity index (χ2v) is 25.5. The van der Waals surface area contributed by atoms with E-state index in [9.17, 15) is 76.9 Å². The largest absolute Gasteiger partial charge is 0.481 e. The zero-order chi connectivity index (χ0) is 68.1. The van der Waals surface area contributed by atoms with Gasteiger partial charge in [-0.3, -0.25) is 62.4 Å². The maximum absolute atomic E-state index is 15.4. The number of primary amides is 1. The van der Waals surface area contributed by atoms with Crippen LogP contribution in [0, 0.1) is 23.0 Å². The summed E-state index contributed by atoms with van der Waals surface area (Å²) >= 11 is 2.59. The minimum Gasteiger partial charge on any atom is -0.481 e. The van der Waals surface area contributed by atoms with Gasteiger partial charge in [0, 0.05) is 80.8 Å². The SMILES string of the molecule is C[C@H](NC(=O)CNC(=O)CCCCCN1C(=O)CC([C](C)(C)[Al])C1=O)C(=O)N[C@@H](C)C(=O)N[C@@H](CC(N)=O)C(=O)N[C@@H](CCN(C(=O)CO)[C@@H](c1cc(-c2cc(F)ccc2F)cn1Cc1ccccc1)C(C)(C)C)C(=O)NCCC(=O)N[C@@H](CCC(=O)O)C(=O)O. The number of nitrogens with zero attached hydrogens (tertiary/aromatic N) is 3. The molecule has 12 N–H and O–H groups in total. The number of rotatable bonds is 36. The molecule has 7 atom stereocenters. The Morgan fingerprint density at radius 3 is 1.98 bits per heavy atom. The number of carbonyl (C=O) groups is 13. The van der Waals surface area contributed by atoms with Crippen LogP contribution >= 0.6 is 0 Å². The Balaban J connectivity index is 1.51. The average Bonchev–Trinajstić information content (AvgIpc) is 1.71. The van der Waals surface area contributed by atoms with Crippen LogP contribution in [0.15, 0.2) is 60.8 Å². The summed E-state index contributed by atoms with van der Waals surface area (Å²) < 4.78 is 31.4. The van der Waals surface area contributed by atoms with Gasteiger partial charge in [-0.1, -0.05) is 75.6 Å². The zero-order valence-electron chi connectivity index (χ0n) is 52.0. The summed E-state index contributed by atoms with van der Waals surface area (Å²) in [6.07, 6.45) is 0.0790. The van der Waals surface area contributed by atoms with Gasteiger partial charge in [0.25, 0.3) is 0 Å². The lowest BCUT2D eigenvalue weighted by atomic mass is 9.82. The average molecular weight is 1290 g/mol. The molecule has 1 aliphatic rings. The number of halogens is 2. The molecule has 0 aliphatic carbocycles. The van der Waals surface area contributed by atoms with Gasteiger partial charge in [-0.25, -0.2) is 13.6 Å². The van der Waals surface area contributed by atoms with Gasteiger partial charge < -0.3 is 67.7 Å². The van der Waals surface area contributed by atoms with E-state index in [2.05, 4.69) is 53.5 Å². The standard InChI is InChI=1S/C61H82F2N11O16.Al/c1-34(2)40-28-51(80)74(59(40)88)24-13-9-12-16-48(77)66-30-50(79)67-35(3)55(84)68-36(4)56(85)71-45(29-47(64)76)58(87)70-43(57(86)65-23-21-49(78)69-44(60(89)90)19-20-53(82)83)22-25-73(52(81)33-75)54(61(5,6)7)46-26-38(41-27-39(62)17-18-42(41)63)32-72(46)31-37-14-10-8-11-15-37;/h8,10-11,14-15,17-18,26-27,32,35-36,40,43-45,54,75H,9,12-13,16,19-25,28-31,33H2,1-7H3,(H2,64,76)(H,65,86)(H,66,77)(H,67,79)(H,68,84)(H,69,78)(H,70,87)(H,71,85)(H,82,83)(H,89,90);/t35-,36-,40?,43-,44-,45-,54-;/m0./s1. The molecule has 2 radical (unpaired) electrons. The number of aliphatic hydroxyl groups excluding tert-OH is 1. The topological polar surface area (TPSA) is 404 Å². The number of carbonyl (C=O) groups excluding carboxylic acids is 11. The van der Waals surface area contributed by atoms with Crippen molar-refractivity contribution in [1.29, 1.82) is 0 Å². The first kappa shape index (κ1) is 74.8. The lowest BCUT2D eigenvalue weighted by molar-refractivity contribution is -0.143. The molecule has 1 aliphatic heterocycles. The Kier molecular flexibility index (Phi) is 28.4. The number of amides is 11. The van der Waals surface area contributed by atoms with Crippen LogP contribution < -0.4 is 43.0 Å². The number of aromatic nitrogens is 1. The number of carboxylic acid groups (broad SMARTS) is 2. The van der Waals surface area contributed by atoms with E-state index in [1.165, 1.54) is 23.6 Å². The van der Waals surface area contributed by atoms with Crippen molar-refractivity contribution in [2.24, 2.45) is 17.1 Å². The van der Waals surface area contributed by atoms with Crippen LogP contribution in [0.5, 0.6) is 0 Å². The van der Waals surface area contributed by atoms with Crippen molar-refractivity contribution in [3.05, 3.63) is 83.7 Å². The fourth-order valence-electron chi connectivity index (χ4n) is 10.1. The molecule has 11 amide bonds. The molecule has 0 saturated carbocycles. The maximum atomic E-state index is 15.4. The normalized spacial score (nSPS) is 15.2. The van der Waals surface area contributed by atoms with E-state index in [0.29, 0.717) is 25.0 Å². The maximum Gasteiger partial charge on any atom is 0.326 e. The predicted octanol–water partition coefficient (Wildman–Crippen LogP) is 0.993. The van der Waals surface area contributed by atoms with Crippen molar-refractivity contribution in [3.63, 3.8) is 0 Å². The quantitative estimate of drug-likeness (QED) is 0.0220. The lowest BCUT2D eigenvalue weighted by Gasteiger charge is -2.41. The molecule has 27 nitrogen and oxygen atoms in total. The first-order valence-electron chi connectivity index (χ1n) is 29.6. The highest BCUT2D eigenvalue weighted by Gasteiger charge is 2.44.